The standard InChI is InChI=1S/C32H40F2O4/c1-18(2)29-25(35-6)11-10-23(32(29)34)14-21(5)30-19(3)12-22(15-26(30)36-7)13-20(4)31-27(37-8)16-24(33)17-28(31)38-9/h10-12,15-18,20-21H,13-14H2,1-9H3. The number of benzene rings is 3. The lowest BCUT2D eigenvalue weighted by Gasteiger charge is -2.23. The number of hydrogen-bond acceptors (Lipinski definition) is 4. The molecule has 6 heteroatoms. The van der Waals surface area contributed by atoms with Crippen molar-refractivity contribution < 1.29 is 27.7 Å². The number of aryl methyl sites for hydroxylation is 1. The molecule has 0 radical (unpaired) electrons. The quantitative estimate of drug-likeness (QED) is 0.253. The minimum absolute atomic E-state index is 0.00395. The van der Waals surface area contributed by atoms with Crippen LogP contribution in [0.4, 0.5) is 8.78 Å². The molecular formula is C32H40F2O4. The third-order valence-corrected chi connectivity index (χ3v) is 7.21. The van der Waals surface area contributed by atoms with Gasteiger partial charge in [-0.15, -0.1) is 0 Å². The number of rotatable bonds is 11. The molecule has 4 nitrogen and oxygen atoms in total. The van der Waals surface area contributed by atoms with Crippen LogP contribution in [-0.4, -0.2) is 28.4 Å². The Labute approximate surface area is 225 Å². The van der Waals surface area contributed by atoms with Gasteiger partial charge in [0, 0.05) is 28.8 Å². The lowest BCUT2D eigenvalue weighted by Crippen LogP contribution is -2.09. The maximum Gasteiger partial charge on any atom is 0.133 e. The van der Waals surface area contributed by atoms with Gasteiger partial charge in [-0.2, -0.15) is 0 Å². The zero-order valence-electron chi connectivity index (χ0n) is 24.0. The molecule has 2 atom stereocenters. The molecule has 0 aliphatic heterocycles. The minimum atomic E-state index is -0.403. The highest BCUT2D eigenvalue weighted by Crippen LogP contribution is 2.40. The molecule has 0 spiro atoms. The minimum Gasteiger partial charge on any atom is -0.496 e. The molecule has 206 valence electrons. The van der Waals surface area contributed by atoms with E-state index in [4.69, 9.17) is 18.9 Å². The molecule has 0 bridgehead atoms. The van der Waals surface area contributed by atoms with Crippen LogP contribution in [0.2, 0.25) is 0 Å². The Kier molecular flexibility index (Phi) is 9.64. The molecule has 38 heavy (non-hydrogen) atoms. The molecule has 3 aromatic rings. The molecule has 0 amide bonds. The van der Waals surface area contributed by atoms with E-state index in [9.17, 15) is 4.39 Å². The Hall–Kier alpha value is -3.28. The lowest BCUT2D eigenvalue weighted by atomic mass is 9.85. The van der Waals surface area contributed by atoms with Crippen LogP contribution >= 0.6 is 0 Å². The summed E-state index contributed by atoms with van der Waals surface area (Å²) in [6.45, 7) is 10.2. The van der Waals surface area contributed by atoms with Crippen LogP contribution in [0.15, 0.2) is 36.4 Å². The van der Waals surface area contributed by atoms with Gasteiger partial charge in [-0.1, -0.05) is 39.8 Å². The second kappa shape index (κ2) is 12.5. The first-order valence-electron chi connectivity index (χ1n) is 13.0. The van der Waals surface area contributed by atoms with E-state index in [0.29, 0.717) is 41.2 Å². The number of methoxy groups -OCH3 is 4. The van der Waals surface area contributed by atoms with Crippen molar-refractivity contribution in [1.82, 2.24) is 0 Å². The van der Waals surface area contributed by atoms with Gasteiger partial charge < -0.3 is 18.9 Å². The van der Waals surface area contributed by atoms with Crippen LogP contribution in [0.3, 0.4) is 0 Å². The lowest BCUT2D eigenvalue weighted by molar-refractivity contribution is 0.374. The molecule has 0 aliphatic carbocycles. The molecule has 0 N–H and O–H groups in total. The molecule has 0 heterocycles. The summed E-state index contributed by atoms with van der Waals surface area (Å²) in [7, 11) is 6.30. The molecule has 0 fully saturated rings. The van der Waals surface area contributed by atoms with Gasteiger partial charge in [0.15, 0.2) is 0 Å². The van der Waals surface area contributed by atoms with E-state index in [0.717, 1.165) is 28.0 Å². The summed E-state index contributed by atoms with van der Waals surface area (Å²) in [5.74, 6) is 1.71. The highest BCUT2D eigenvalue weighted by molar-refractivity contribution is 5.50. The van der Waals surface area contributed by atoms with E-state index in [-0.39, 0.29) is 23.6 Å². The largest absolute Gasteiger partial charge is 0.496 e. The van der Waals surface area contributed by atoms with Crippen molar-refractivity contribution in [3.05, 3.63) is 81.4 Å². The van der Waals surface area contributed by atoms with E-state index in [1.807, 2.05) is 32.0 Å². The first-order valence-corrected chi connectivity index (χ1v) is 13.0. The van der Waals surface area contributed by atoms with Crippen LogP contribution in [-0.2, 0) is 12.8 Å². The van der Waals surface area contributed by atoms with Crippen molar-refractivity contribution in [2.45, 2.75) is 65.2 Å². The Morgan fingerprint density at radius 1 is 0.632 bits per heavy atom. The monoisotopic (exact) mass is 526 g/mol. The summed E-state index contributed by atoms with van der Waals surface area (Å²) in [6.07, 6.45) is 1.21. The number of hydrogen-bond donors (Lipinski definition) is 0. The molecule has 0 aliphatic rings. The molecule has 2 unspecified atom stereocenters. The zero-order chi connectivity index (χ0) is 28.1. The third-order valence-electron chi connectivity index (χ3n) is 7.21. The second-order valence-electron chi connectivity index (χ2n) is 10.3. The molecule has 3 aromatic carbocycles. The van der Waals surface area contributed by atoms with Gasteiger partial charge >= 0.3 is 0 Å². The van der Waals surface area contributed by atoms with Gasteiger partial charge in [0.25, 0.3) is 0 Å². The van der Waals surface area contributed by atoms with Crippen LogP contribution in [0.1, 0.15) is 78.8 Å². The predicted octanol–water partition coefficient (Wildman–Crippen LogP) is 8.12. The Bertz CT molecular complexity index is 1240. The average Bonchev–Trinajstić information content (AvgIpc) is 2.87. The summed E-state index contributed by atoms with van der Waals surface area (Å²) < 4.78 is 51.7. The van der Waals surface area contributed by atoms with Gasteiger partial charge in [-0.3, -0.25) is 0 Å². The maximum absolute atomic E-state index is 15.5. The summed E-state index contributed by atoms with van der Waals surface area (Å²) in [5, 5.41) is 0. The molecule has 0 saturated carbocycles. The molecule has 3 rings (SSSR count). The van der Waals surface area contributed by atoms with Crippen molar-refractivity contribution in [2.75, 3.05) is 28.4 Å². The predicted molar refractivity (Wildman–Crippen MR) is 149 cm³/mol. The smallest absolute Gasteiger partial charge is 0.133 e. The highest BCUT2D eigenvalue weighted by Gasteiger charge is 2.23. The van der Waals surface area contributed by atoms with Crippen molar-refractivity contribution in [2.24, 2.45) is 0 Å². The third kappa shape index (κ3) is 6.06. The van der Waals surface area contributed by atoms with Crippen molar-refractivity contribution in [1.29, 1.82) is 0 Å². The highest BCUT2D eigenvalue weighted by atomic mass is 19.1. The average molecular weight is 527 g/mol. The van der Waals surface area contributed by atoms with Crippen LogP contribution in [0.25, 0.3) is 0 Å². The van der Waals surface area contributed by atoms with Crippen LogP contribution in [0.5, 0.6) is 23.0 Å². The first kappa shape index (κ1) is 29.3. The van der Waals surface area contributed by atoms with Gasteiger partial charge in [0.05, 0.1) is 28.4 Å². The van der Waals surface area contributed by atoms with Crippen molar-refractivity contribution in [3.8, 4) is 23.0 Å². The Morgan fingerprint density at radius 3 is 1.68 bits per heavy atom. The maximum atomic E-state index is 15.5. The SMILES string of the molecule is COc1ccc(CC(C)c2c(C)cc(CC(C)c3c(OC)cc(F)cc3OC)cc2OC)c(F)c1C(C)C. The van der Waals surface area contributed by atoms with Gasteiger partial charge in [-0.25, -0.2) is 8.78 Å². The summed E-state index contributed by atoms with van der Waals surface area (Å²) >= 11 is 0. The Balaban J connectivity index is 1.93. The van der Waals surface area contributed by atoms with E-state index in [1.54, 1.807) is 14.2 Å². The van der Waals surface area contributed by atoms with E-state index in [1.165, 1.54) is 26.4 Å². The number of halogens is 2. The van der Waals surface area contributed by atoms with Crippen molar-refractivity contribution in [3.63, 3.8) is 0 Å². The second-order valence-corrected chi connectivity index (χ2v) is 10.3. The zero-order valence-corrected chi connectivity index (χ0v) is 24.0. The van der Waals surface area contributed by atoms with E-state index < -0.39 is 5.82 Å². The first-order chi connectivity index (χ1) is 18.1. The summed E-state index contributed by atoms with van der Waals surface area (Å²) in [5.41, 5.74) is 5.31. The normalized spacial score (nSPS) is 12.8. The van der Waals surface area contributed by atoms with Crippen LogP contribution in [0, 0.1) is 18.6 Å². The molecule has 0 saturated heterocycles. The molecule has 0 aromatic heterocycles. The number of ether oxygens (including phenoxy) is 4. The van der Waals surface area contributed by atoms with Crippen LogP contribution < -0.4 is 18.9 Å². The Morgan fingerprint density at radius 2 is 1.16 bits per heavy atom. The van der Waals surface area contributed by atoms with Crippen molar-refractivity contribution >= 4 is 0 Å². The molecular weight excluding hydrogens is 486 g/mol. The van der Waals surface area contributed by atoms with Gasteiger partial charge in [-0.05, 0) is 66.3 Å². The topological polar surface area (TPSA) is 36.9 Å². The van der Waals surface area contributed by atoms with Gasteiger partial charge in [0.1, 0.15) is 34.6 Å². The summed E-state index contributed by atoms with van der Waals surface area (Å²) in [4.78, 5) is 0. The van der Waals surface area contributed by atoms with E-state index >= 15 is 4.39 Å². The van der Waals surface area contributed by atoms with Gasteiger partial charge in [0.2, 0.25) is 0 Å². The van der Waals surface area contributed by atoms with E-state index in [2.05, 4.69) is 26.8 Å². The summed E-state index contributed by atoms with van der Waals surface area (Å²) in [6, 6.07) is 10.6. The fourth-order valence-corrected chi connectivity index (χ4v) is 5.53. The fourth-order valence-electron chi connectivity index (χ4n) is 5.53. The fraction of sp³-hybridized carbons (Fsp3) is 0.438.